The lowest BCUT2D eigenvalue weighted by Crippen LogP contribution is -2.35. The minimum Gasteiger partial charge on any atom is -0.379 e. The van der Waals surface area contributed by atoms with Crippen molar-refractivity contribution in [2.45, 2.75) is 6.54 Å². The van der Waals surface area contributed by atoms with Crippen LogP contribution in [0.5, 0.6) is 0 Å². The molecule has 1 saturated heterocycles. The number of morpholine rings is 1. The van der Waals surface area contributed by atoms with Crippen LogP contribution < -0.4 is 0 Å². The van der Waals surface area contributed by atoms with E-state index in [1.165, 1.54) is 11.6 Å². The lowest BCUT2D eigenvalue weighted by atomic mass is 10.1. The van der Waals surface area contributed by atoms with Crippen molar-refractivity contribution in [3.63, 3.8) is 0 Å². The van der Waals surface area contributed by atoms with Crippen LogP contribution in [-0.4, -0.2) is 35.8 Å². The minimum atomic E-state index is -0.179. The zero-order chi connectivity index (χ0) is 12.5. The molecule has 0 unspecified atom stereocenters. The minimum absolute atomic E-state index is 0.179. The molecule has 1 aliphatic heterocycles. The summed E-state index contributed by atoms with van der Waals surface area (Å²) >= 11 is 0. The van der Waals surface area contributed by atoms with Crippen molar-refractivity contribution in [2.75, 3.05) is 26.3 Å². The molecule has 0 N–H and O–H groups in total. The number of halogens is 1. The van der Waals surface area contributed by atoms with Gasteiger partial charge in [0, 0.05) is 38.3 Å². The standard InChI is InChI=1S/C14H17FN2O/c1-16-9-11(10-17-4-6-18-7-5-17)13-3-2-12(15)8-14(13)16/h2-3,8-9H,4-7,10H2,1H3. The number of benzene rings is 1. The quantitative estimate of drug-likeness (QED) is 0.810. The second kappa shape index (κ2) is 4.71. The van der Waals surface area contributed by atoms with Crippen LogP contribution in [0.25, 0.3) is 10.9 Å². The molecule has 0 saturated carbocycles. The highest BCUT2D eigenvalue weighted by Crippen LogP contribution is 2.23. The predicted octanol–water partition coefficient (Wildman–Crippen LogP) is 2.15. The van der Waals surface area contributed by atoms with Crippen molar-refractivity contribution in [3.05, 3.63) is 35.8 Å². The summed E-state index contributed by atoms with van der Waals surface area (Å²) < 4.78 is 20.6. The fourth-order valence-electron chi connectivity index (χ4n) is 2.57. The molecule has 1 aliphatic rings. The maximum Gasteiger partial charge on any atom is 0.125 e. The summed E-state index contributed by atoms with van der Waals surface area (Å²) in [5, 5.41) is 1.14. The van der Waals surface area contributed by atoms with Gasteiger partial charge < -0.3 is 9.30 Å². The molecule has 1 aromatic carbocycles. The number of fused-ring (bicyclic) bond motifs is 1. The molecular weight excluding hydrogens is 231 g/mol. The van der Waals surface area contributed by atoms with Crippen molar-refractivity contribution < 1.29 is 9.13 Å². The number of nitrogens with zero attached hydrogens (tertiary/aromatic N) is 2. The molecule has 18 heavy (non-hydrogen) atoms. The van der Waals surface area contributed by atoms with Gasteiger partial charge in [-0.15, -0.1) is 0 Å². The van der Waals surface area contributed by atoms with Crippen molar-refractivity contribution in [2.24, 2.45) is 7.05 Å². The summed E-state index contributed by atoms with van der Waals surface area (Å²) in [5.41, 5.74) is 2.22. The normalized spacial score (nSPS) is 17.4. The number of rotatable bonds is 2. The Balaban J connectivity index is 1.91. The van der Waals surface area contributed by atoms with Crippen LogP contribution in [0.15, 0.2) is 24.4 Å². The van der Waals surface area contributed by atoms with E-state index in [0.717, 1.165) is 43.8 Å². The molecule has 3 rings (SSSR count). The maximum atomic E-state index is 13.2. The molecule has 0 bridgehead atoms. The lowest BCUT2D eigenvalue weighted by Gasteiger charge is -2.26. The molecule has 0 spiro atoms. The van der Waals surface area contributed by atoms with E-state index in [-0.39, 0.29) is 5.82 Å². The molecule has 2 heterocycles. The molecule has 3 nitrogen and oxygen atoms in total. The highest BCUT2D eigenvalue weighted by molar-refractivity contribution is 5.83. The number of ether oxygens (including phenoxy) is 1. The second-order valence-corrected chi connectivity index (χ2v) is 4.82. The monoisotopic (exact) mass is 248 g/mol. The van der Waals surface area contributed by atoms with E-state index in [4.69, 9.17) is 4.74 Å². The van der Waals surface area contributed by atoms with E-state index in [1.54, 1.807) is 6.07 Å². The predicted molar refractivity (Wildman–Crippen MR) is 69.0 cm³/mol. The van der Waals surface area contributed by atoms with Gasteiger partial charge in [-0.2, -0.15) is 0 Å². The molecule has 0 amide bonds. The van der Waals surface area contributed by atoms with Gasteiger partial charge in [-0.3, -0.25) is 4.90 Å². The van der Waals surface area contributed by atoms with Crippen molar-refractivity contribution in [1.82, 2.24) is 9.47 Å². The Morgan fingerprint density at radius 3 is 2.83 bits per heavy atom. The maximum absolute atomic E-state index is 13.2. The molecule has 0 radical (unpaired) electrons. The van der Waals surface area contributed by atoms with Crippen LogP contribution in [0.1, 0.15) is 5.56 Å². The molecule has 2 aromatic rings. The van der Waals surface area contributed by atoms with E-state index < -0.39 is 0 Å². The molecule has 1 fully saturated rings. The Morgan fingerprint density at radius 1 is 1.28 bits per heavy atom. The SMILES string of the molecule is Cn1cc(CN2CCOCC2)c2ccc(F)cc21. The van der Waals surface area contributed by atoms with Gasteiger partial charge >= 0.3 is 0 Å². The van der Waals surface area contributed by atoms with Crippen LogP contribution in [0.2, 0.25) is 0 Å². The third-order valence-corrected chi connectivity index (χ3v) is 3.53. The second-order valence-electron chi connectivity index (χ2n) is 4.82. The smallest absolute Gasteiger partial charge is 0.125 e. The summed E-state index contributed by atoms with van der Waals surface area (Å²) in [6.07, 6.45) is 2.10. The van der Waals surface area contributed by atoms with E-state index in [0.29, 0.717) is 0 Å². The first kappa shape index (κ1) is 11.7. The number of hydrogen-bond donors (Lipinski definition) is 0. The number of aromatic nitrogens is 1. The first-order valence-electron chi connectivity index (χ1n) is 6.27. The average molecular weight is 248 g/mol. The third kappa shape index (κ3) is 2.13. The topological polar surface area (TPSA) is 17.4 Å². The number of aryl methyl sites for hydroxylation is 1. The highest BCUT2D eigenvalue weighted by Gasteiger charge is 2.14. The summed E-state index contributed by atoms with van der Waals surface area (Å²) in [4.78, 5) is 2.38. The lowest BCUT2D eigenvalue weighted by molar-refractivity contribution is 0.0343. The first-order chi connectivity index (χ1) is 8.74. The molecule has 0 aliphatic carbocycles. The number of hydrogen-bond acceptors (Lipinski definition) is 2. The Hall–Kier alpha value is -1.39. The molecular formula is C14H17FN2O. The van der Waals surface area contributed by atoms with Crippen LogP contribution in [-0.2, 0) is 18.3 Å². The van der Waals surface area contributed by atoms with Gasteiger partial charge in [-0.25, -0.2) is 4.39 Å². The van der Waals surface area contributed by atoms with E-state index in [1.807, 2.05) is 17.7 Å². The summed E-state index contributed by atoms with van der Waals surface area (Å²) in [5.74, 6) is -0.179. The van der Waals surface area contributed by atoms with E-state index in [9.17, 15) is 4.39 Å². The van der Waals surface area contributed by atoms with Gasteiger partial charge in [0.2, 0.25) is 0 Å². The van der Waals surface area contributed by atoms with Crippen LogP contribution in [0.4, 0.5) is 4.39 Å². The van der Waals surface area contributed by atoms with Gasteiger partial charge in [0.15, 0.2) is 0 Å². The third-order valence-electron chi connectivity index (χ3n) is 3.53. The summed E-state index contributed by atoms with van der Waals surface area (Å²) in [6, 6.07) is 5.00. The largest absolute Gasteiger partial charge is 0.379 e. The molecule has 0 atom stereocenters. The van der Waals surface area contributed by atoms with Gasteiger partial charge in [0.25, 0.3) is 0 Å². The van der Waals surface area contributed by atoms with Crippen LogP contribution in [0.3, 0.4) is 0 Å². The Labute approximate surface area is 106 Å². The van der Waals surface area contributed by atoms with Gasteiger partial charge in [-0.05, 0) is 23.8 Å². The highest BCUT2D eigenvalue weighted by atomic mass is 19.1. The first-order valence-corrected chi connectivity index (χ1v) is 6.27. The van der Waals surface area contributed by atoms with Crippen molar-refractivity contribution >= 4 is 10.9 Å². The Kier molecular flexibility index (Phi) is 3.06. The van der Waals surface area contributed by atoms with Gasteiger partial charge in [-0.1, -0.05) is 0 Å². The summed E-state index contributed by atoms with van der Waals surface area (Å²) in [7, 11) is 1.96. The van der Waals surface area contributed by atoms with Crippen molar-refractivity contribution in [1.29, 1.82) is 0 Å². The molecule has 96 valence electrons. The average Bonchev–Trinajstić information content (AvgIpc) is 2.67. The Morgan fingerprint density at radius 2 is 2.06 bits per heavy atom. The molecule has 1 aromatic heterocycles. The van der Waals surface area contributed by atoms with E-state index in [2.05, 4.69) is 11.1 Å². The van der Waals surface area contributed by atoms with Gasteiger partial charge in [0.05, 0.1) is 18.7 Å². The molecule has 4 heteroatoms. The van der Waals surface area contributed by atoms with Gasteiger partial charge in [0.1, 0.15) is 5.82 Å². The Bertz CT molecular complexity index is 558. The van der Waals surface area contributed by atoms with Crippen LogP contribution >= 0.6 is 0 Å². The van der Waals surface area contributed by atoms with Crippen molar-refractivity contribution in [3.8, 4) is 0 Å². The van der Waals surface area contributed by atoms with E-state index >= 15 is 0 Å². The zero-order valence-electron chi connectivity index (χ0n) is 10.5. The fourth-order valence-corrected chi connectivity index (χ4v) is 2.57. The zero-order valence-corrected chi connectivity index (χ0v) is 10.5. The fraction of sp³-hybridized carbons (Fsp3) is 0.429. The van der Waals surface area contributed by atoms with Crippen LogP contribution in [0, 0.1) is 5.82 Å². The summed E-state index contributed by atoms with van der Waals surface area (Å²) in [6.45, 7) is 4.46.